The number of amides is 2. The number of ether oxygens (including phenoxy) is 1. The maximum Gasteiger partial charge on any atom is 0.313 e. The summed E-state index contributed by atoms with van der Waals surface area (Å²) in [5.41, 5.74) is 3.25. The second-order valence-corrected chi connectivity index (χ2v) is 7.04. The summed E-state index contributed by atoms with van der Waals surface area (Å²) in [7, 11) is 1.63. The number of fused-ring (bicyclic) bond motifs is 1. The van der Waals surface area contributed by atoms with Crippen molar-refractivity contribution >= 4 is 29.1 Å². The molecule has 0 aromatic heterocycles. The van der Waals surface area contributed by atoms with Crippen LogP contribution in [0, 0.1) is 6.92 Å². The van der Waals surface area contributed by atoms with Crippen molar-refractivity contribution in [2.45, 2.75) is 25.4 Å². The lowest BCUT2D eigenvalue weighted by Gasteiger charge is -2.27. The molecule has 2 N–H and O–H groups in total. The maximum atomic E-state index is 12.2. The molecule has 0 saturated heterocycles. The number of nitrogens with one attached hydrogen (secondary N) is 2. The minimum atomic E-state index is -0.725. The fourth-order valence-electron chi connectivity index (χ4n) is 3.23. The fourth-order valence-corrected chi connectivity index (χ4v) is 3.40. The first-order chi connectivity index (χ1) is 12.4. The Kier molecular flexibility index (Phi) is 5.30. The number of carbonyl (C=O) groups excluding carboxylic acids is 2. The molecule has 0 aliphatic heterocycles. The van der Waals surface area contributed by atoms with Gasteiger partial charge in [-0.3, -0.25) is 9.59 Å². The molecule has 2 amide bonds. The third-order valence-corrected chi connectivity index (χ3v) is 5.04. The van der Waals surface area contributed by atoms with Crippen molar-refractivity contribution in [3.05, 3.63) is 64.2 Å². The van der Waals surface area contributed by atoms with E-state index in [2.05, 4.69) is 22.8 Å². The zero-order chi connectivity index (χ0) is 18.7. The van der Waals surface area contributed by atoms with Crippen molar-refractivity contribution in [2.24, 2.45) is 0 Å². The molecule has 0 saturated carbocycles. The molecule has 0 radical (unpaired) electrons. The summed E-state index contributed by atoms with van der Waals surface area (Å²) in [6.07, 6.45) is 1.41. The molecular formula is C20H21ClN2O3. The van der Waals surface area contributed by atoms with E-state index in [4.69, 9.17) is 16.3 Å². The van der Waals surface area contributed by atoms with E-state index >= 15 is 0 Å². The summed E-state index contributed by atoms with van der Waals surface area (Å²) < 4.78 is 5.70. The van der Waals surface area contributed by atoms with Gasteiger partial charge in [0.2, 0.25) is 0 Å². The number of benzene rings is 2. The van der Waals surface area contributed by atoms with Gasteiger partial charge in [0.25, 0.3) is 0 Å². The summed E-state index contributed by atoms with van der Waals surface area (Å²) in [6, 6.07) is 13.2. The van der Waals surface area contributed by atoms with Crippen LogP contribution in [0.25, 0.3) is 0 Å². The van der Waals surface area contributed by atoms with Crippen LogP contribution in [0.15, 0.2) is 42.5 Å². The Bertz CT molecular complexity index is 826. The van der Waals surface area contributed by atoms with Gasteiger partial charge in [0.1, 0.15) is 0 Å². The minimum Gasteiger partial charge on any atom is -0.376 e. The van der Waals surface area contributed by atoms with Gasteiger partial charge in [-0.25, -0.2) is 0 Å². The van der Waals surface area contributed by atoms with Gasteiger partial charge in [-0.1, -0.05) is 41.9 Å². The zero-order valence-electron chi connectivity index (χ0n) is 14.8. The molecule has 0 atom stereocenters. The molecule has 0 bridgehead atoms. The van der Waals surface area contributed by atoms with E-state index in [-0.39, 0.29) is 6.54 Å². The molecule has 2 aromatic carbocycles. The molecule has 0 unspecified atom stereocenters. The number of halogens is 1. The Morgan fingerprint density at radius 1 is 1.12 bits per heavy atom. The Morgan fingerprint density at radius 2 is 1.77 bits per heavy atom. The predicted octanol–water partition coefficient (Wildman–Crippen LogP) is 2.89. The van der Waals surface area contributed by atoms with Crippen LogP contribution in [0.2, 0.25) is 5.02 Å². The lowest BCUT2D eigenvalue weighted by Crippen LogP contribution is -2.48. The van der Waals surface area contributed by atoms with Crippen molar-refractivity contribution in [1.29, 1.82) is 0 Å². The van der Waals surface area contributed by atoms with E-state index in [9.17, 15) is 9.59 Å². The normalized spacial score (nSPS) is 14.6. The average Bonchev–Trinajstić information content (AvgIpc) is 3.02. The number of hydrogen-bond donors (Lipinski definition) is 2. The number of anilines is 1. The number of hydrogen-bond acceptors (Lipinski definition) is 3. The molecule has 0 fully saturated rings. The maximum absolute atomic E-state index is 12.2. The van der Waals surface area contributed by atoms with Crippen molar-refractivity contribution in [3.8, 4) is 0 Å². The van der Waals surface area contributed by atoms with Crippen LogP contribution in [-0.2, 0) is 27.2 Å². The number of carbonyl (C=O) groups is 2. The molecular weight excluding hydrogens is 352 g/mol. The first-order valence-electron chi connectivity index (χ1n) is 8.40. The molecule has 1 aliphatic carbocycles. The van der Waals surface area contributed by atoms with Gasteiger partial charge in [-0.2, -0.15) is 0 Å². The third kappa shape index (κ3) is 3.89. The number of rotatable bonds is 4. The molecule has 2 aromatic rings. The van der Waals surface area contributed by atoms with Gasteiger partial charge in [-0.05, 0) is 35.7 Å². The summed E-state index contributed by atoms with van der Waals surface area (Å²) >= 11 is 5.94. The third-order valence-electron chi connectivity index (χ3n) is 4.80. The van der Waals surface area contributed by atoms with Crippen molar-refractivity contribution < 1.29 is 14.3 Å². The van der Waals surface area contributed by atoms with Crippen LogP contribution in [0.5, 0.6) is 0 Å². The van der Waals surface area contributed by atoms with E-state index in [1.54, 1.807) is 25.3 Å². The summed E-state index contributed by atoms with van der Waals surface area (Å²) in [4.78, 5) is 24.4. The molecule has 136 valence electrons. The van der Waals surface area contributed by atoms with E-state index in [1.165, 1.54) is 11.1 Å². The SMILES string of the molecule is COC1(CNC(=O)C(=O)Nc2cc(Cl)ccc2C)Cc2ccccc2C1. The minimum absolute atomic E-state index is 0.263. The monoisotopic (exact) mass is 372 g/mol. The molecule has 1 aliphatic rings. The van der Waals surface area contributed by atoms with Gasteiger partial charge in [0, 0.05) is 37.2 Å². The lowest BCUT2D eigenvalue weighted by atomic mass is 10.00. The molecule has 26 heavy (non-hydrogen) atoms. The van der Waals surface area contributed by atoms with Gasteiger partial charge >= 0.3 is 11.8 Å². The van der Waals surface area contributed by atoms with Crippen molar-refractivity contribution in [2.75, 3.05) is 19.0 Å². The first-order valence-corrected chi connectivity index (χ1v) is 8.77. The van der Waals surface area contributed by atoms with Crippen LogP contribution in [0.4, 0.5) is 5.69 Å². The van der Waals surface area contributed by atoms with Gasteiger partial charge in [0.05, 0.1) is 5.60 Å². The average molecular weight is 373 g/mol. The Hall–Kier alpha value is -2.37. The van der Waals surface area contributed by atoms with Crippen LogP contribution in [0.1, 0.15) is 16.7 Å². The smallest absolute Gasteiger partial charge is 0.313 e. The van der Waals surface area contributed by atoms with Gasteiger partial charge in [-0.15, -0.1) is 0 Å². The van der Waals surface area contributed by atoms with E-state index in [0.717, 1.165) is 5.56 Å². The Balaban J connectivity index is 1.61. The summed E-state index contributed by atoms with van der Waals surface area (Å²) in [6.45, 7) is 2.10. The second kappa shape index (κ2) is 7.48. The highest BCUT2D eigenvalue weighted by Gasteiger charge is 2.37. The van der Waals surface area contributed by atoms with Gasteiger partial charge < -0.3 is 15.4 Å². The van der Waals surface area contributed by atoms with E-state index in [0.29, 0.717) is 23.6 Å². The molecule has 3 rings (SSSR count). The second-order valence-electron chi connectivity index (χ2n) is 6.61. The first kappa shape index (κ1) is 18.4. The fraction of sp³-hybridized carbons (Fsp3) is 0.300. The van der Waals surface area contributed by atoms with Gasteiger partial charge in [0.15, 0.2) is 0 Å². The quantitative estimate of drug-likeness (QED) is 0.811. The molecule has 0 spiro atoms. The molecule has 5 nitrogen and oxygen atoms in total. The topological polar surface area (TPSA) is 67.4 Å². The molecule has 0 heterocycles. The van der Waals surface area contributed by atoms with Crippen molar-refractivity contribution in [3.63, 3.8) is 0 Å². The summed E-state index contributed by atoms with van der Waals surface area (Å²) in [5.74, 6) is -1.42. The Labute approximate surface area is 157 Å². The number of aryl methyl sites for hydroxylation is 1. The van der Waals surface area contributed by atoms with Crippen LogP contribution >= 0.6 is 11.6 Å². The Morgan fingerprint density at radius 3 is 2.38 bits per heavy atom. The standard InChI is InChI=1S/C20H21ClN2O3/c1-13-7-8-16(21)9-17(13)23-19(25)18(24)22-12-20(26-2)10-14-5-3-4-6-15(14)11-20/h3-9H,10-12H2,1-2H3,(H,22,24)(H,23,25). The number of methoxy groups -OCH3 is 1. The van der Waals surface area contributed by atoms with Crippen LogP contribution in [0.3, 0.4) is 0 Å². The largest absolute Gasteiger partial charge is 0.376 e. The summed E-state index contributed by atoms with van der Waals surface area (Å²) in [5, 5.41) is 5.79. The molecule has 6 heteroatoms. The van der Waals surface area contributed by atoms with E-state index < -0.39 is 17.4 Å². The zero-order valence-corrected chi connectivity index (χ0v) is 15.5. The highest BCUT2D eigenvalue weighted by atomic mass is 35.5. The van der Waals surface area contributed by atoms with Crippen molar-refractivity contribution in [1.82, 2.24) is 5.32 Å². The highest BCUT2D eigenvalue weighted by molar-refractivity contribution is 6.40. The van der Waals surface area contributed by atoms with Crippen LogP contribution in [-0.4, -0.2) is 31.1 Å². The van der Waals surface area contributed by atoms with E-state index in [1.807, 2.05) is 19.1 Å². The lowest BCUT2D eigenvalue weighted by molar-refractivity contribution is -0.137. The highest BCUT2D eigenvalue weighted by Crippen LogP contribution is 2.32. The predicted molar refractivity (Wildman–Crippen MR) is 101 cm³/mol. The van der Waals surface area contributed by atoms with Crippen LogP contribution < -0.4 is 10.6 Å².